The van der Waals surface area contributed by atoms with Crippen LogP contribution in [0.1, 0.15) is 19.4 Å². The Kier molecular flexibility index (Phi) is 8.11. The van der Waals surface area contributed by atoms with E-state index in [-0.39, 0.29) is 5.75 Å². The molecule has 1 atom stereocenters. The van der Waals surface area contributed by atoms with Crippen molar-refractivity contribution in [3.8, 4) is 0 Å². The van der Waals surface area contributed by atoms with Gasteiger partial charge in [-0.3, -0.25) is 9.00 Å². The topological polar surface area (TPSA) is 60.2 Å². The number of nitrogens with two attached hydrogens (primary N) is 1. The third-order valence-electron chi connectivity index (χ3n) is 1.58. The number of carbonyl (C=O) groups excluding carboxylic acids is 1. The highest BCUT2D eigenvalue weighted by atomic mass is 79.9. The van der Waals surface area contributed by atoms with Gasteiger partial charge in [-0.05, 0) is 11.6 Å². The van der Waals surface area contributed by atoms with Gasteiger partial charge in [-0.25, -0.2) is 0 Å². The van der Waals surface area contributed by atoms with Crippen molar-refractivity contribution in [2.24, 2.45) is 5.73 Å². The van der Waals surface area contributed by atoms with Gasteiger partial charge in [0.25, 0.3) is 0 Å². The van der Waals surface area contributed by atoms with Crippen molar-refractivity contribution in [2.45, 2.75) is 19.6 Å². The first-order valence-electron chi connectivity index (χ1n) is 4.96. The van der Waals surface area contributed by atoms with Gasteiger partial charge in [0.05, 0.1) is 5.75 Å². The average Bonchev–Trinajstić information content (AvgIpc) is 2.23. The van der Waals surface area contributed by atoms with Crippen LogP contribution in [-0.2, 0) is 21.3 Å². The lowest BCUT2D eigenvalue weighted by molar-refractivity contribution is -0.115. The molecular formula is C11H16BrNO2S. The Bertz CT molecular complexity index is 369. The molecule has 0 bridgehead atoms. The normalized spacial score (nSPS) is 11.2. The number of rotatable bonds is 4. The van der Waals surface area contributed by atoms with Gasteiger partial charge in [0.15, 0.2) is 0 Å². The number of hydrogen-bond donors (Lipinski definition) is 1. The minimum atomic E-state index is -1.22. The van der Waals surface area contributed by atoms with E-state index in [9.17, 15) is 9.00 Å². The monoisotopic (exact) mass is 305 g/mol. The largest absolute Gasteiger partial charge is 0.369 e. The second-order valence-electron chi connectivity index (χ2n) is 2.79. The third-order valence-corrected chi connectivity index (χ3v) is 3.59. The molecule has 0 saturated carbocycles. The predicted octanol–water partition coefficient (Wildman–Crippen LogP) is 2.21. The molecule has 2 N–H and O–H groups in total. The maximum atomic E-state index is 11.4. The van der Waals surface area contributed by atoms with Crippen molar-refractivity contribution in [1.29, 1.82) is 0 Å². The molecule has 1 unspecified atom stereocenters. The quantitative estimate of drug-likeness (QED) is 0.927. The Labute approximate surface area is 107 Å². The summed E-state index contributed by atoms with van der Waals surface area (Å²) in [6.45, 7) is 4.00. The van der Waals surface area contributed by atoms with E-state index in [1.807, 2.05) is 38.1 Å². The summed E-state index contributed by atoms with van der Waals surface area (Å²) < 4.78 is 12.3. The summed E-state index contributed by atoms with van der Waals surface area (Å²) in [5, 5.41) is 0. The Hall–Kier alpha value is -0.680. The molecule has 0 aliphatic carbocycles. The molecule has 0 fully saturated rings. The second-order valence-corrected chi connectivity index (χ2v) is 5.10. The van der Waals surface area contributed by atoms with Gasteiger partial charge in [0.1, 0.15) is 5.75 Å². The minimum Gasteiger partial charge on any atom is -0.369 e. The van der Waals surface area contributed by atoms with Crippen molar-refractivity contribution >= 4 is 32.6 Å². The SMILES string of the molecule is CC.NC(=O)CS(=O)Cc1ccccc1Br. The highest BCUT2D eigenvalue weighted by Crippen LogP contribution is 2.17. The highest BCUT2D eigenvalue weighted by Gasteiger charge is 2.07. The summed E-state index contributed by atoms with van der Waals surface area (Å²) in [6.07, 6.45) is 0. The first-order chi connectivity index (χ1) is 7.59. The van der Waals surface area contributed by atoms with Crippen LogP contribution < -0.4 is 5.73 Å². The first kappa shape index (κ1) is 15.3. The maximum absolute atomic E-state index is 11.4. The van der Waals surface area contributed by atoms with E-state index in [0.717, 1.165) is 10.0 Å². The van der Waals surface area contributed by atoms with E-state index in [4.69, 9.17) is 5.73 Å². The van der Waals surface area contributed by atoms with Gasteiger partial charge in [-0.1, -0.05) is 48.0 Å². The van der Waals surface area contributed by atoms with E-state index in [0.29, 0.717) is 5.75 Å². The Morgan fingerprint density at radius 2 is 1.94 bits per heavy atom. The van der Waals surface area contributed by atoms with Crippen LogP contribution in [0, 0.1) is 0 Å². The van der Waals surface area contributed by atoms with Crippen molar-refractivity contribution in [2.75, 3.05) is 5.75 Å². The molecule has 0 radical (unpaired) electrons. The van der Waals surface area contributed by atoms with Crippen LogP contribution >= 0.6 is 15.9 Å². The number of amides is 1. The second kappa shape index (κ2) is 8.47. The smallest absolute Gasteiger partial charge is 0.230 e. The zero-order valence-corrected chi connectivity index (χ0v) is 11.8. The van der Waals surface area contributed by atoms with E-state index in [1.54, 1.807) is 0 Å². The van der Waals surface area contributed by atoms with Crippen LogP contribution in [0.2, 0.25) is 0 Å². The standard InChI is InChI=1S/C9H10BrNO2S.C2H6/c10-8-4-2-1-3-7(8)5-14(13)6-9(11)12;1-2/h1-4H,5-6H2,(H2,11,12);1-2H3. The van der Waals surface area contributed by atoms with Gasteiger partial charge in [0.2, 0.25) is 5.91 Å². The van der Waals surface area contributed by atoms with Crippen molar-refractivity contribution in [3.63, 3.8) is 0 Å². The zero-order valence-electron chi connectivity index (χ0n) is 9.40. The van der Waals surface area contributed by atoms with Crippen LogP contribution in [0.4, 0.5) is 0 Å². The van der Waals surface area contributed by atoms with Crippen molar-refractivity contribution in [3.05, 3.63) is 34.3 Å². The molecule has 0 aromatic heterocycles. The maximum Gasteiger partial charge on any atom is 0.230 e. The van der Waals surface area contributed by atoms with Crippen molar-refractivity contribution in [1.82, 2.24) is 0 Å². The molecule has 90 valence electrons. The number of benzene rings is 1. The fourth-order valence-electron chi connectivity index (χ4n) is 0.999. The number of hydrogen-bond acceptors (Lipinski definition) is 2. The number of halogens is 1. The van der Waals surface area contributed by atoms with Crippen LogP contribution in [-0.4, -0.2) is 15.9 Å². The number of primary amides is 1. The van der Waals surface area contributed by atoms with Crippen LogP contribution in [0.5, 0.6) is 0 Å². The molecule has 16 heavy (non-hydrogen) atoms. The first-order valence-corrected chi connectivity index (χ1v) is 7.24. The van der Waals surface area contributed by atoms with E-state index in [2.05, 4.69) is 15.9 Å². The lowest BCUT2D eigenvalue weighted by atomic mass is 10.2. The van der Waals surface area contributed by atoms with E-state index in [1.165, 1.54) is 0 Å². The summed E-state index contributed by atoms with van der Waals surface area (Å²) in [5.74, 6) is -0.263. The molecule has 1 amide bonds. The van der Waals surface area contributed by atoms with Crippen LogP contribution in [0.3, 0.4) is 0 Å². The molecule has 0 aliphatic rings. The van der Waals surface area contributed by atoms with E-state index < -0.39 is 16.7 Å². The van der Waals surface area contributed by atoms with Gasteiger partial charge in [0, 0.05) is 15.3 Å². The molecule has 3 nitrogen and oxygen atoms in total. The van der Waals surface area contributed by atoms with E-state index >= 15 is 0 Å². The fraction of sp³-hybridized carbons (Fsp3) is 0.364. The average molecular weight is 306 g/mol. The van der Waals surface area contributed by atoms with Crippen LogP contribution in [0.25, 0.3) is 0 Å². The Balaban J connectivity index is 0.00000106. The molecule has 1 aromatic rings. The predicted molar refractivity (Wildman–Crippen MR) is 71.4 cm³/mol. The summed E-state index contributed by atoms with van der Waals surface area (Å²) >= 11 is 3.34. The third kappa shape index (κ3) is 6.02. The molecule has 0 saturated heterocycles. The summed E-state index contributed by atoms with van der Waals surface area (Å²) in [4.78, 5) is 10.5. The van der Waals surface area contributed by atoms with Crippen molar-refractivity contribution < 1.29 is 9.00 Å². The zero-order chi connectivity index (χ0) is 12.6. The molecule has 0 aliphatic heterocycles. The van der Waals surface area contributed by atoms with Gasteiger partial charge in [-0.15, -0.1) is 0 Å². The number of carbonyl (C=O) groups is 1. The highest BCUT2D eigenvalue weighted by molar-refractivity contribution is 9.10. The lowest BCUT2D eigenvalue weighted by Crippen LogP contribution is -2.20. The molecular weight excluding hydrogens is 290 g/mol. The lowest BCUT2D eigenvalue weighted by Gasteiger charge is -2.02. The summed E-state index contributed by atoms with van der Waals surface area (Å²) in [7, 11) is -1.22. The van der Waals surface area contributed by atoms with Gasteiger partial charge >= 0.3 is 0 Å². The molecule has 0 heterocycles. The minimum absolute atomic E-state index is 0.0820. The van der Waals surface area contributed by atoms with Gasteiger partial charge < -0.3 is 5.73 Å². The molecule has 1 aromatic carbocycles. The molecule has 0 spiro atoms. The Morgan fingerprint density at radius 1 is 1.38 bits per heavy atom. The Morgan fingerprint density at radius 3 is 2.44 bits per heavy atom. The van der Waals surface area contributed by atoms with Crippen LogP contribution in [0.15, 0.2) is 28.7 Å². The fourth-order valence-corrected chi connectivity index (χ4v) is 2.63. The molecule has 5 heteroatoms. The summed E-state index contributed by atoms with van der Waals surface area (Å²) in [6, 6.07) is 7.48. The molecule has 1 rings (SSSR count). The summed E-state index contributed by atoms with van der Waals surface area (Å²) in [5.41, 5.74) is 5.86. The van der Waals surface area contributed by atoms with Gasteiger partial charge in [-0.2, -0.15) is 0 Å².